The van der Waals surface area contributed by atoms with E-state index in [2.05, 4.69) is 137 Å². The highest BCUT2D eigenvalue weighted by Crippen LogP contribution is 2.45. The maximum atomic E-state index is 13.1. The number of hydrogen-bond acceptors (Lipinski definition) is 15. The summed E-state index contributed by atoms with van der Waals surface area (Å²) in [5, 5.41) is 10.6. The van der Waals surface area contributed by atoms with Gasteiger partial charge in [-0.15, -0.1) is 0 Å². The van der Waals surface area contributed by atoms with E-state index < -0.39 is 97.5 Å². The zero-order valence-electron chi connectivity index (χ0n) is 61.2. The molecule has 0 heterocycles. The Morgan fingerprint density at radius 3 is 0.898 bits per heavy atom. The van der Waals surface area contributed by atoms with E-state index in [1.807, 2.05) is 12.2 Å². The number of ether oxygens (including phenoxy) is 4. The number of unbranched alkanes of at least 4 members (excludes halogenated alkanes) is 24. The summed E-state index contributed by atoms with van der Waals surface area (Å²) in [5.74, 6) is -2.26. The van der Waals surface area contributed by atoms with Crippen molar-refractivity contribution >= 4 is 39.5 Å². The summed E-state index contributed by atoms with van der Waals surface area (Å²) < 4.78 is 68.3. The van der Waals surface area contributed by atoms with Crippen LogP contribution in [0.3, 0.4) is 0 Å². The maximum Gasteiger partial charge on any atom is 0.472 e. The van der Waals surface area contributed by atoms with Gasteiger partial charge in [-0.1, -0.05) is 271 Å². The molecule has 0 rings (SSSR count). The van der Waals surface area contributed by atoms with Crippen molar-refractivity contribution in [1.82, 2.24) is 0 Å². The van der Waals surface area contributed by atoms with Crippen molar-refractivity contribution in [3.05, 3.63) is 122 Å². The Labute approximate surface area is 593 Å². The van der Waals surface area contributed by atoms with Crippen LogP contribution in [0.1, 0.15) is 297 Å². The van der Waals surface area contributed by atoms with Gasteiger partial charge in [0.05, 0.1) is 26.4 Å². The number of carbonyl (C=O) groups is 4. The average Bonchev–Trinajstić information content (AvgIpc) is 0.983. The molecule has 0 aromatic rings. The van der Waals surface area contributed by atoms with Gasteiger partial charge in [0.2, 0.25) is 0 Å². The zero-order valence-corrected chi connectivity index (χ0v) is 63.0. The SMILES string of the molecule is CC/C=C\C/C=C\C/C=C\C/C=C\C/C=C\CCCC(=O)OCC(COP(=O)(O)OCC(O)COP(=O)(O)OCC(COC(=O)CCCCCCCC/C=C\C/C=C\C/C=C\C/C=C\CC)OC(=O)CCCCCCCCCCCCC)OC(=O)CCCCCCC/C=C\CCCC. The number of allylic oxidation sites excluding steroid dienone is 20. The van der Waals surface area contributed by atoms with Crippen LogP contribution in [0.4, 0.5) is 0 Å². The lowest BCUT2D eigenvalue weighted by Gasteiger charge is -2.21. The lowest BCUT2D eigenvalue weighted by atomic mass is 10.1. The Morgan fingerprint density at radius 2 is 0.551 bits per heavy atom. The van der Waals surface area contributed by atoms with Gasteiger partial charge >= 0.3 is 39.5 Å². The van der Waals surface area contributed by atoms with Gasteiger partial charge in [0, 0.05) is 25.7 Å². The van der Waals surface area contributed by atoms with E-state index in [9.17, 15) is 43.2 Å². The Kier molecular flexibility index (Phi) is 67.6. The third-order valence-electron chi connectivity index (χ3n) is 15.4. The number of rotatable bonds is 70. The van der Waals surface area contributed by atoms with E-state index in [1.54, 1.807) is 0 Å². The molecule has 0 amide bonds. The first-order valence-corrected chi connectivity index (χ1v) is 40.8. The van der Waals surface area contributed by atoms with E-state index in [-0.39, 0.29) is 25.7 Å². The second-order valence-electron chi connectivity index (χ2n) is 24.8. The number of aliphatic hydroxyl groups is 1. The lowest BCUT2D eigenvalue weighted by molar-refractivity contribution is -0.161. The van der Waals surface area contributed by atoms with Crippen LogP contribution in [0.25, 0.3) is 0 Å². The molecule has 0 aromatic carbocycles. The molecule has 0 bridgehead atoms. The van der Waals surface area contributed by atoms with Crippen LogP contribution in [-0.2, 0) is 65.4 Å². The first-order valence-electron chi connectivity index (χ1n) is 37.8. The molecule has 17 nitrogen and oxygen atoms in total. The molecule has 0 radical (unpaired) electrons. The van der Waals surface area contributed by atoms with Gasteiger partial charge in [0.1, 0.15) is 19.3 Å². The summed E-state index contributed by atoms with van der Waals surface area (Å²) in [6.07, 6.45) is 76.4. The summed E-state index contributed by atoms with van der Waals surface area (Å²) in [6, 6.07) is 0. The molecule has 0 saturated carbocycles. The largest absolute Gasteiger partial charge is 0.472 e. The smallest absolute Gasteiger partial charge is 0.462 e. The van der Waals surface area contributed by atoms with Crippen LogP contribution in [0.5, 0.6) is 0 Å². The number of aliphatic hydroxyl groups excluding tert-OH is 1. The van der Waals surface area contributed by atoms with E-state index in [4.69, 9.17) is 37.0 Å². The number of esters is 4. The predicted molar refractivity (Wildman–Crippen MR) is 399 cm³/mol. The number of hydrogen-bond donors (Lipinski definition) is 3. The van der Waals surface area contributed by atoms with E-state index in [0.717, 1.165) is 161 Å². The van der Waals surface area contributed by atoms with Crippen LogP contribution in [0, 0.1) is 0 Å². The molecule has 0 spiro atoms. The van der Waals surface area contributed by atoms with Crippen molar-refractivity contribution in [2.24, 2.45) is 0 Å². The first-order chi connectivity index (χ1) is 47.7. The molecule has 19 heteroatoms. The Morgan fingerprint density at radius 1 is 0.296 bits per heavy atom. The maximum absolute atomic E-state index is 13.1. The standard InChI is InChI=1S/C79H134O17P2/c1-5-9-13-17-21-25-29-31-33-35-36-38-40-42-46-48-52-56-60-64-77(82)90-70-75(96-79(84)66-62-58-54-50-44-28-24-20-16-12-8-4)72-94-98(87,88)92-68-73(80)67-91-97(85,86)93-71-74(95-78(83)65-61-57-53-49-43-27-23-19-15-11-7-3)69-89-76(81)63-59-55-51-47-45-41-39-37-34-32-30-26-22-18-14-10-6-2/h9-10,13-14,19,21-23,25-26,31-34,36,38-39,41,47,51,73-75,80H,5-8,11-12,15-18,20,24,27-30,35,37,40,42-46,48-50,52-72H2,1-4H3,(H,85,86)(H,87,88)/b13-9-,14-10-,23-19-,25-21-,26-22-,33-31-,34-32-,38-36-,41-39-,51-47-. The molecule has 0 aliphatic carbocycles. The second kappa shape index (κ2) is 70.9. The van der Waals surface area contributed by atoms with Crippen LogP contribution in [-0.4, -0.2) is 96.7 Å². The molecule has 0 fully saturated rings. The fourth-order valence-corrected chi connectivity index (χ4v) is 11.3. The highest BCUT2D eigenvalue weighted by molar-refractivity contribution is 7.47. The fourth-order valence-electron chi connectivity index (χ4n) is 9.70. The van der Waals surface area contributed by atoms with Crippen molar-refractivity contribution in [3.8, 4) is 0 Å². The number of carbonyl (C=O) groups excluding carboxylic acids is 4. The molecule has 0 aliphatic heterocycles. The van der Waals surface area contributed by atoms with Crippen molar-refractivity contribution in [2.75, 3.05) is 39.6 Å². The van der Waals surface area contributed by atoms with Crippen LogP contribution < -0.4 is 0 Å². The van der Waals surface area contributed by atoms with E-state index in [0.29, 0.717) is 32.1 Å². The Hall–Kier alpha value is -4.54. The minimum absolute atomic E-state index is 0.0706. The zero-order chi connectivity index (χ0) is 71.8. The highest BCUT2D eigenvalue weighted by Gasteiger charge is 2.30. The van der Waals surface area contributed by atoms with Crippen LogP contribution in [0.15, 0.2) is 122 Å². The quantitative estimate of drug-likeness (QED) is 0.0169. The molecule has 0 saturated heterocycles. The van der Waals surface area contributed by atoms with Crippen molar-refractivity contribution in [3.63, 3.8) is 0 Å². The molecule has 0 aliphatic rings. The molecule has 562 valence electrons. The van der Waals surface area contributed by atoms with Gasteiger partial charge < -0.3 is 33.8 Å². The van der Waals surface area contributed by atoms with Crippen molar-refractivity contribution < 1.29 is 80.2 Å². The number of phosphoric acid groups is 2. The summed E-state index contributed by atoms with van der Waals surface area (Å²) >= 11 is 0. The second-order valence-corrected chi connectivity index (χ2v) is 27.7. The van der Waals surface area contributed by atoms with Crippen molar-refractivity contribution in [2.45, 2.75) is 316 Å². The van der Waals surface area contributed by atoms with Gasteiger partial charge in [0.25, 0.3) is 0 Å². The Balaban J connectivity index is 5.33. The Bertz CT molecular complexity index is 2340. The molecule has 5 unspecified atom stereocenters. The highest BCUT2D eigenvalue weighted by atomic mass is 31.2. The van der Waals surface area contributed by atoms with Gasteiger partial charge in [-0.05, 0) is 122 Å². The van der Waals surface area contributed by atoms with E-state index >= 15 is 0 Å². The summed E-state index contributed by atoms with van der Waals surface area (Å²) in [7, 11) is -9.96. The minimum atomic E-state index is -4.99. The third kappa shape index (κ3) is 69.9. The fraction of sp³-hybridized carbons (Fsp3) is 0.696. The van der Waals surface area contributed by atoms with Gasteiger partial charge in [0.15, 0.2) is 12.2 Å². The van der Waals surface area contributed by atoms with Crippen LogP contribution >= 0.6 is 15.6 Å². The van der Waals surface area contributed by atoms with Crippen molar-refractivity contribution in [1.29, 1.82) is 0 Å². The summed E-state index contributed by atoms with van der Waals surface area (Å²) in [5.41, 5.74) is 0. The summed E-state index contributed by atoms with van der Waals surface area (Å²) in [6.45, 7) is 4.51. The van der Waals surface area contributed by atoms with E-state index in [1.165, 1.54) is 51.4 Å². The third-order valence-corrected chi connectivity index (χ3v) is 17.3. The normalized spacial score (nSPS) is 14.6. The van der Waals surface area contributed by atoms with Crippen LogP contribution in [0.2, 0.25) is 0 Å². The molecule has 0 aromatic heterocycles. The first kappa shape index (κ1) is 93.5. The lowest BCUT2D eigenvalue weighted by Crippen LogP contribution is -2.30. The molecule has 98 heavy (non-hydrogen) atoms. The predicted octanol–water partition coefficient (Wildman–Crippen LogP) is 21.6. The minimum Gasteiger partial charge on any atom is -0.462 e. The molecule has 5 atom stereocenters. The van der Waals surface area contributed by atoms with Gasteiger partial charge in [-0.2, -0.15) is 0 Å². The van der Waals surface area contributed by atoms with Gasteiger partial charge in [-0.25, -0.2) is 9.13 Å². The molecular weight excluding hydrogens is 1280 g/mol. The monoisotopic (exact) mass is 1420 g/mol. The topological polar surface area (TPSA) is 237 Å². The van der Waals surface area contributed by atoms with Gasteiger partial charge in [-0.3, -0.25) is 37.3 Å². The summed E-state index contributed by atoms with van der Waals surface area (Å²) in [4.78, 5) is 72.7. The number of phosphoric ester groups is 2. The average molecular weight is 1420 g/mol. The molecule has 3 N–H and O–H groups in total. The molecular formula is C79H134O17P2.